The third kappa shape index (κ3) is 4.75. The number of rotatable bonds is 2. The van der Waals surface area contributed by atoms with Crippen molar-refractivity contribution in [2.45, 2.75) is 17.9 Å². The Hall–Kier alpha value is -1.50. The molecule has 136 valence electrons. The maximum atomic E-state index is 12.6. The summed E-state index contributed by atoms with van der Waals surface area (Å²) in [6, 6.07) is -0.439. The maximum Gasteiger partial charge on any atom is 0.518 e. The van der Waals surface area contributed by atoms with Gasteiger partial charge >= 0.3 is 27.9 Å². The number of hydrogen-bond donors (Lipinski definition) is 0. The predicted octanol–water partition coefficient (Wildman–Crippen LogP) is 4.56. The summed E-state index contributed by atoms with van der Waals surface area (Å²) in [6.07, 6.45) is -10.6. The van der Waals surface area contributed by atoms with Crippen LogP contribution >= 0.6 is 11.6 Å². The van der Waals surface area contributed by atoms with Crippen molar-refractivity contribution in [2.24, 2.45) is 4.40 Å². The van der Waals surface area contributed by atoms with Crippen molar-refractivity contribution >= 4 is 26.8 Å². The summed E-state index contributed by atoms with van der Waals surface area (Å²) in [6.45, 7) is 0. The Labute approximate surface area is 132 Å². The van der Waals surface area contributed by atoms with Gasteiger partial charge in [0.15, 0.2) is 0 Å². The van der Waals surface area contributed by atoms with Crippen LogP contribution in [-0.2, 0) is 22.4 Å². The molecule has 0 unspecified atom stereocenters. The second kappa shape index (κ2) is 6.10. The molecule has 0 bridgehead atoms. The minimum Gasteiger partial charge on any atom is -0.195 e. The van der Waals surface area contributed by atoms with Crippen LogP contribution in [0.3, 0.4) is 0 Å². The van der Waals surface area contributed by atoms with Crippen LogP contribution in [-0.4, -0.2) is 19.1 Å². The third-order valence-electron chi connectivity index (χ3n) is 2.32. The fourth-order valence-electron chi connectivity index (χ4n) is 1.28. The Kier molecular flexibility index (Phi) is 5.22. The molecule has 0 saturated heterocycles. The number of sulfonamides is 1. The standard InChI is InChI=1S/C10H3ClF9NO2S/c11-7(21-24(22,23)10(18,19)20)4-1-5(8(12,13)14)3-6(2-4)9(15,16)17/h1-3H. The Morgan fingerprint density at radius 3 is 1.50 bits per heavy atom. The number of alkyl halides is 9. The lowest BCUT2D eigenvalue weighted by atomic mass is 10.1. The summed E-state index contributed by atoms with van der Waals surface area (Å²) in [5.41, 5.74) is -11.0. The fourth-order valence-corrected chi connectivity index (χ4v) is 2.09. The number of benzene rings is 1. The zero-order valence-corrected chi connectivity index (χ0v) is 12.3. The fraction of sp³-hybridized carbons (Fsp3) is 0.300. The lowest BCUT2D eigenvalue weighted by molar-refractivity contribution is -0.143. The van der Waals surface area contributed by atoms with E-state index in [1.54, 1.807) is 0 Å². The average Bonchev–Trinajstić information content (AvgIpc) is 2.34. The first-order valence-corrected chi connectivity index (χ1v) is 7.13. The van der Waals surface area contributed by atoms with Crippen molar-refractivity contribution < 1.29 is 47.9 Å². The highest BCUT2D eigenvalue weighted by Crippen LogP contribution is 2.37. The van der Waals surface area contributed by atoms with E-state index in [2.05, 4.69) is 0 Å². The third-order valence-corrected chi connectivity index (χ3v) is 3.73. The highest BCUT2D eigenvalue weighted by Gasteiger charge is 2.46. The Balaban J connectivity index is 3.60. The van der Waals surface area contributed by atoms with E-state index in [1.165, 1.54) is 0 Å². The van der Waals surface area contributed by atoms with E-state index >= 15 is 0 Å². The largest absolute Gasteiger partial charge is 0.518 e. The first kappa shape index (κ1) is 20.5. The number of nitrogens with zero attached hydrogens (tertiary/aromatic N) is 1. The zero-order chi connectivity index (χ0) is 19.1. The van der Waals surface area contributed by atoms with Crippen LogP contribution < -0.4 is 0 Å². The van der Waals surface area contributed by atoms with Gasteiger partial charge in [0.25, 0.3) is 0 Å². The summed E-state index contributed by atoms with van der Waals surface area (Å²) in [5.74, 6) is 0. The molecule has 0 radical (unpaired) electrons. The highest BCUT2D eigenvalue weighted by atomic mass is 35.5. The van der Waals surface area contributed by atoms with Crippen LogP contribution in [0.5, 0.6) is 0 Å². The van der Waals surface area contributed by atoms with E-state index in [9.17, 15) is 47.9 Å². The minimum atomic E-state index is -6.25. The highest BCUT2D eigenvalue weighted by molar-refractivity contribution is 7.91. The minimum absolute atomic E-state index is 0.0625. The molecule has 1 rings (SSSR count). The van der Waals surface area contributed by atoms with Gasteiger partial charge in [-0.05, 0) is 18.2 Å². The van der Waals surface area contributed by atoms with Gasteiger partial charge in [-0.2, -0.15) is 47.9 Å². The zero-order valence-electron chi connectivity index (χ0n) is 10.7. The monoisotopic (exact) mass is 407 g/mol. The Morgan fingerprint density at radius 1 is 0.833 bits per heavy atom. The molecule has 0 aliphatic rings. The molecule has 14 heteroatoms. The van der Waals surface area contributed by atoms with Crippen LogP contribution in [0.1, 0.15) is 16.7 Å². The van der Waals surface area contributed by atoms with Gasteiger partial charge in [0.1, 0.15) is 5.17 Å². The van der Waals surface area contributed by atoms with E-state index in [1.807, 2.05) is 4.40 Å². The van der Waals surface area contributed by atoms with Crippen LogP contribution in [0.15, 0.2) is 22.6 Å². The Bertz CT molecular complexity index is 730. The molecule has 1 aromatic carbocycles. The van der Waals surface area contributed by atoms with Crippen LogP contribution in [0, 0.1) is 0 Å². The quantitative estimate of drug-likeness (QED) is 0.533. The van der Waals surface area contributed by atoms with Crippen LogP contribution in [0.4, 0.5) is 39.5 Å². The van der Waals surface area contributed by atoms with Gasteiger partial charge in [-0.3, -0.25) is 0 Å². The molecule has 0 atom stereocenters. The van der Waals surface area contributed by atoms with Gasteiger partial charge < -0.3 is 0 Å². The van der Waals surface area contributed by atoms with Crippen molar-refractivity contribution in [2.75, 3.05) is 0 Å². The molecule has 0 aliphatic heterocycles. The molecule has 0 saturated carbocycles. The van der Waals surface area contributed by atoms with E-state index in [0.29, 0.717) is 0 Å². The van der Waals surface area contributed by atoms with E-state index in [4.69, 9.17) is 11.6 Å². The smallest absolute Gasteiger partial charge is 0.195 e. The van der Waals surface area contributed by atoms with Gasteiger partial charge in [-0.25, -0.2) is 0 Å². The molecule has 0 aliphatic carbocycles. The number of hydrogen-bond acceptors (Lipinski definition) is 2. The lowest BCUT2D eigenvalue weighted by Gasteiger charge is -2.13. The summed E-state index contributed by atoms with van der Waals surface area (Å²) in [7, 11) is -6.25. The van der Waals surface area contributed by atoms with Gasteiger partial charge in [0.2, 0.25) is 0 Å². The molecule has 24 heavy (non-hydrogen) atoms. The van der Waals surface area contributed by atoms with Gasteiger partial charge in [-0.1, -0.05) is 11.6 Å². The SMILES string of the molecule is O=S(=O)(N=C(Cl)c1cc(C(F)(F)F)cc(C(F)(F)F)c1)C(F)(F)F. The van der Waals surface area contributed by atoms with Crippen molar-refractivity contribution in [1.29, 1.82) is 0 Å². The summed E-state index contributed by atoms with van der Waals surface area (Å²) in [5, 5.41) is -1.70. The molecule has 1 aromatic rings. The first-order valence-electron chi connectivity index (χ1n) is 5.32. The number of halogens is 10. The molecular weight excluding hydrogens is 405 g/mol. The van der Waals surface area contributed by atoms with E-state index in [-0.39, 0.29) is 18.2 Å². The van der Waals surface area contributed by atoms with E-state index in [0.717, 1.165) is 0 Å². The van der Waals surface area contributed by atoms with Gasteiger partial charge in [0, 0.05) is 5.56 Å². The second-order valence-electron chi connectivity index (χ2n) is 4.10. The molecule has 0 aromatic heterocycles. The van der Waals surface area contributed by atoms with Crippen molar-refractivity contribution in [3.8, 4) is 0 Å². The summed E-state index contributed by atoms with van der Waals surface area (Å²) >= 11 is 5.08. The van der Waals surface area contributed by atoms with Crippen LogP contribution in [0.25, 0.3) is 0 Å². The van der Waals surface area contributed by atoms with Crippen molar-refractivity contribution in [3.63, 3.8) is 0 Å². The van der Waals surface area contributed by atoms with Crippen LogP contribution in [0.2, 0.25) is 0 Å². The average molecular weight is 408 g/mol. The molecule has 0 spiro atoms. The molecule has 0 fully saturated rings. The first-order chi connectivity index (χ1) is 10.4. The predicted molar refractivity (Wildman–Crippen MR) is 63.8 cm³/mol. The normalized spacial score (nSPS) is 14.8. The molecular formula is C10H3ClF9NO2S. The van der Waals surface area contributed by atoms with E-state index < -0.39 is 49.7 Å². The lowest BCUT2D eigenvalue weighted by Crippen LogP contribution is -2.22. The second-order valence-corrected chi connectivity index (χ2v) is 6.05. The Morgan fingerprint density at radius 2 is 1.21 bits per heavy atom. The topological polar surface area (TPSA) is 46.5 Å². The van der Waals surface area contributed by atoms with Gasteiger partial charge in [0.05, 0.1) is 11.1 Å². The van der Waals surface area contributed by atoms with Crippen molar-refractivity contribution in [1.82, 2.24) is 0 Å². The molecule has 0 heterocycles. The maximum absolute atomic E-state index is 12.6. The summed E-state index contributed by atoms with van der Waals surface area (Å²) in [4.78, 5) is 0. The van der Waals surface area contributed by atoms with Gasteiger partial charge in [-0.15, -0.1) is 4.40 Å². The van der Waals surface area contributed by atoms with Crippen molar-refractivity contribution in [3.05, 3.63) is 34.9 Å². The molecule has 0 amide bonds. The summed E-state index contributed by atoms with van der Waals surface area (Å²) < 4.78 is 135. The molecule has 3 nitrogen and oxygen atoms in total. The molecule has 0 N–H and O–H groups in total.